The van der Waals surface area contributed by atoms with Crippen molar-refractivity contribution in [1.29, 1.82) is 0 Å². The molecule has 2 N–H and O–H groups in total. The van der Waals surface area contributed by atoms with Crippen LogP contribution >= 0.6 is 0 Å². The summed E-state index contributed by atoms with van der Waals surface area (Å²) in [7, 11) is 0. The van der Waals surface area contributed by atoms with Gasteiger partial charge in [-0.3, -0.25) is 4.40 Å². The Hall–Kier alpha value is -2.88. The Morgan fingerprint density at radius 3 is 2.67 bits per heavy atom. The van der Waals surface area contributed by atoms with Gasteiger partial charge in [-0.2, -0.15) is 0 Å². The molecule has 0 bridgehead atoms. The lowest BCUT2D eigenvalue weighted by atomic mass is 9.77. The van der Waals surface area contributed by atoms with Crippen LogP contribution < -0.4 is 10.1 Å². The minimum Gasteiger partial charge on any atom is -0.405 e. The number of imidazole rings is 1. The van der Waals surface area contributed by atoms with Crippen LogP contribution in [-0.2, 0) is 0 Å². The molecule has 1 aromatic carbocycles. The highest BCUT2D eigenvalue weighted by molar-refractivity contribution is 5.81. The predicted molar refractivity (Wildman–Crippen MR) is 102 cm³/mol. The van der Waals surface area contributed by atoms with E-state index in [9.17, 15) is 18.3 Å². The maximum atomic E-state index is 13.0. The van der Waals surface area contributed by atoms with E-state index < -0.39 is 12.0 Å². The Morgan fingerprint density at radius 2 is 2.00 bits per heavy atom. The number of halogens is 3. The number of fused-ring (bicyclic) bond motifs is 1. The average Bonchev–Trinajstić information content (AvgIpc) is 3.36. The van der Waals surface area contributed by atoms with E-state index >= 15 is 0 Å². The number of rotatable bonds is 5. The van der Waals surface area contributed by atoms with E-state index in [4.69, 9.17) is 0 Å². The molecule has 2 aliphatic rings. The summed E-state index contributed by atoms with van der Waals surface area (Å²) in [5.74, 6) is 0.404. The number of anilines is 1. The lowest BCUT2D eigenvalue weighted by Crippen LogP contribution is -2.48. The number of aromatic nitrogens is 4. The summed E-state index contributed by atoms with van der Waals surface area (Å²) in [6.07, 6.45) is 1.30. The van der Waals surface area contributed by atoms with E-state index in [1.807, 2.05) is 6.07 Å². The number of hydrogen-bond acceptors (Lipinski definition) is 6. The topological polar surface area (TPSA) is 84.6 Å². The third-order valence-corrected chi connectivity index (χ3v) is 5.59. The molecular weight excluding hydrogens is 399 g/mol. The van der Waals surface area contributed by atoms with Gasteiger partial charge in [-0.25, -0.2) is 4.98 Å². The molecule has 0 atom stereocenters. The van der Waals surface area contributed by atoms with Crippen LogP contribution in [0.4, 0.5) is 19.1 Å². The van der Waals surface area contributed by atoms with Gasteiger partial charge >= 0.3 is 6.36 Å². The molecule has 158 valence electrons. The quantitative estimate of drug-likeness (QED) is 0.653. The zero-order chi connectivity index (χ0) is 21.1. The van der Waals surface area contributed by atoms with Gasteiger partial charge in [0.2, 0.25) is 5.95 Å². The molecule has 2 fully saturated rings. The molecule has 3 aromatic rings. The van der Waals surface area contributed by atoms with Crippen molar-refractivity contribution in [3.63, 3.8) is 0 Å². The van der Waals surface area contributed by atoms with Crippen LogP contribution in [0.2, 0.25) is 0 Å². The van der Waals surface area contributed by atoms with Crippen molar-refractivity contribution in [3.05, 3.63) is 36.3 Å². The molecule has 10 heteroatoms. The van der Waals surface area contributed by atoms with Gasteiger partial charge in [0.25, 0.3) is 0 Å². The summed E-state index contributed by atoms with van der Waals surface area (Å²) in [5.41, 5.74) is 1.08. The third-order valence-electron chi connectivity index (χ3n) is 5.59. The van der Waals surface area contributed by atoms with Crippen molar-refractivity contribution in [2.75, 3.05) is 5.32 Å². The van der Waals surface area contributed by atoms with Crippen molar-refractivity contribution in [1.82, 2.24) is 19.6 Å². The summed E-state index contributed by atoms with van der Waals surface area (Å²) < 4.78 is 45.1. The van der Waals surface area contributed by atoms with Gasteiger partial charge in [0.1, 0.15) is 17.8 Å². The van der Waals surface area contributed by atoms with Crippen LogP contribution in [0.1, 0.15) is 44.1 Å². The Labute approximate surface area is 169 Å². The Balaban J connectivity index is 1.53. The lowest BCUT2D eigenvalue weighted by Gasteiger charge is -2.41. The first-order valence-corrected chi connectivity index (χ1v) is 9.76. The first-order chi connectivity index (χ1) is 14.2. The fourth-order valence-electron chi connectivity index (χ4n) is 4.03. The molecule has 0 unspecified atom stereocenters. The monoisotopic (exact) mass is 419 g/mol. The molecule has 0 saturated heterocycles. The highest BCUT2D eigenvalue weighted by Crippen LogP contribution is 2.44. The van der Waals surface area contributed by atoms with Crippen LogP contribution in [-0.4, -0.2) is 42.7 Å². The van der Waals surface area contributed by atoms with E-state index in [0.717, 1.165) is 18.4 Å². The van der Waals surface area contributed by atoms with Gasteiger partial charge in [-0.15, -0.1) is 23.4 Å². The summed E-state index contributed by atoms with van der Waals surface area (Å²) in [5, 5.41) is 21.5. The molecule has 30 heavy (non-hydrogen) atoms. The van der Waals surface area contributed by atoms with Crippen molar-refractivity contribution in [2.45, 2.75) is 56.5 Å². The molecular formula is C20H20F3N5O2. The number of nitrogens with one attached hydrogen (secondary N) is 1. The van der Waals surface area contributed by atoms with E-state index in [1.165, 1.54) is 18.6 Å². The highest BCUT2D eigenvalue weighted by atomic mass is 19.4. The maximum Gasteiger partial charge on any atom is 0.573 e. The molecule has 2 heterocycles. The van der Waals surface area contributed by atoms with Gasteiger partial charge < -0.3 is 15.2 Å². The lowest BCUT2D eigenvalue weighted by molar-refractivity contribution is -0.274. The van der Waals surface area contributed by atoms with Crippen molar-refractivity contribution < 1.29 is 23.0 Å². The standard InChI is InChI=1S/C20H20F3N5O2/c1-19(29)7-13(8-19)25-18-27-26-17(15-9-24-10-28(15)18)14-5-4-12(11-2-3-11)6-16(14)30-20(21,22)23/h4-6,9-11,13,29H,2-3,7-8H2,1H3,(H,25,27)/t13-,19+. The summed E-state index contributed by atoms with van der Waals surface area (Å²) in [6.45, 7) is 1.76. The molecule has 0 aliphatic heterocycles. The van der Waals surface area contributed by atoms with Crippen LogP contribution in [0.5, 0.6) is 5.75 Å². The van der Waals surface area contributed by atoms with Crippen LogP contribution in [0, 0.1) is 0 Å². The van der Waals surface area contributed by atoms with E-state index in [0.29, 0.717) is 24.3 Å². The summed E-state index contributed by atoms with van der Waals surface area (Å²) in [4.78, 5) is 4.12. The number of alkyl halides is 3. The average molecular weight is 419 g/mol. The Kier molecular flexibility index (Phi) is 4.18. The Bertz CT molecular complexity index is 1100. The number of hydrogen-bond donors (Lipinski definition) is 2. The molecule has 0 amide bonds. The highest BCUT2D eigenvalue weighted by Gasteiger charge is 2.39. The maximum absolute atomic E-state index is 13.0. The van der Waals surface area contributed by atoms with Gasteiger partial charge in [0.05, 0.1) is 17.3 Å². The van der Waals surface area contributed by atoms with Crippen LogP contribution in [0.3, 0.4) is 0 Å². The van der Waals surface area contributed by atoms with Crippen molar-refractivity contribution >= 4 is 11.5 Å². The number of benzene rings is 1. The molecule has 2 aromatic heterocycles. The summed E-state index contributed by atoms with van der Waals surface area (Å²) in [6, 6.07) is 4.89. The van der Waals surface area contributed by atoms with Gasteiger partial charge in [0.15, 0.2) is 0 Å². The Morgan fingerprint density at radius 1 is 1.23 bits per heavy atom. The second kappa shape index (κ2) is 6.56. The second-order valence-corrected chi connectivity index (χ2v) is 8.35. The minimum atomic E-state index is -4.82. The fourth-order valence-corrected chi connectivity index (χ4v) is 4.03. The summed E-state index contributed by atoms with van der Waals surface area (Å²) >= 11 is 0. The molecule has 0 radical (unpaired) electrons. The fraction of sp³-hybridized carbons (Fsp3) is 0.450. The smallest absolute Gasteiger partial charge is 0.405 e. The van der Waals surface area contributed by atoms with E-state index in [2.05, 4.69) is 25.2 Å². The largest absolute Gasteiger partial charge is 0.573 e. The number of ether oxygens (including phenoxy) is 1. The molecule has 2 saturated carbocycles. The van der Waals surface area contributed by atoms with E-state index in [-0.39, 0.29) is 29.0 Å². The number of aliphatic hydroxyl groups is 1. The zero-order valence-electron chi connectivity index (χ0n) is 16.1. The first kappa shape index (κ1) is 19.1. The predicted octanol–water partition coefficient (Wildman–Crippen LogP) is 3.89. The number of nitrogens with zero attached hydrogens (tertiary/aromatic N) is 4. The first-order valence-electron chi connectivity index (χ1n) is 9.76. The molecule has 5 rings (SSSR count). The molecule has 7 nitrogen and oxygen atoms in total. The van der Waals surface area contributed by atoms with Gasteiger partial charge in [-0.1, -0.05) is 6.07 Å². The third kappa shape index (κ3) is 3.67. The zero-order valence-corrected chi connectivity index (χ0v) is 16.1. The van der Waals surface area contributed by atoms with Crippen molar-refractivity contribution in [2.24, 2.45) is 0 Å². The van der Waals surface area contributed by atoms with E-state index in [1.54, 1.807) is 17.4 Å². The van der Waals surface area contributed by atoms with Crippen LogP contribution in [0.15, 0.2) is 30.7 Å². The van der Waals surface area contributed by atoms with Crippen LogP contribution in [0.25, 0.3) is 16.8 Å². The SMILES string of the molecule is C[C@]1(O)C[C@@H](Nc2nnc(-c3ccc(C4CC4)cc3OC(F)(F)F)c3cncn23)C1. The molecule has 2 aliphatic carbocycles. The minimum absolute atomic E-state index is 0.0349. The van der Waals surface area contributed by atoms with Gasteiger partial charge in [-0.05, 0) is 56.2 Å². The van der Waals surface area contributed by atoms with Gasteiger partial charge in [0, 0.05) is 11.6 Å². The van der Waals surface area contributed by atoms with Crippen molar-refractivity contribution in [3.8, 4) is 17.0 Å². The normalized spacial score (nSPS) is 24.0. The molecule has 0 spiro atoms. The second-order valence-electron chi connectivity index (χ2n) is 8.35.